The van der Waals surface area contributed by atoms with Gasteiger partial charge in [0.05, 0.1) is 12.6 Å². The Morgan fingerprint density at radius 2 is 1.97 bits per heavy atom. The number of hydrogen-bond acceptors (Lipinski definition) is 2. The number of aromatic amines is 1. The first-order valence-electron chi connectivity index (χ1n) is 10.0. The van der Waals surface area contributed by atoms with Crippen LogP contribution in [0.1, 0.15) is 36.2 Å². The first-order chi connectivity index (χ1) is 14.1. The summed E-state index contributed by atoms with van der Waals surface area (Å²) in [5.74, 6) is 0.0692. The Balaban J connectivity index is 1.72. The molecule has 2 amide bonds. The van der Waals surface area contributed by atoms with Gasteiger partial charge in [0.2, 0.25) is 11.8 Å². The van der Waals surface area contributed by atoms with Gasteiger partial charge in [0.1, 0.15) is 6.04 Å². The van der Waals surface area contributed by atoms with Crippen LogP contribution in [0.25, 0.3) is 10.9 Å². The van der Waals surface area contributed by atoms with Gasteiger partial charge in [0.15, 0.2) is 0 Å². The molecule has 1 fully saturated rings. The molecule has 6 heteroatoms. The SMILES string of the molecule is CCCN1CC(=O)N2[C@H](c3cccc(Br)c3)c3[nH]c4ccccc4c3C[C@H]2C1=O. The summed E-state index contributed by atoms with van der Waals surface area (Å²) < 4.78 is 0.957. The number of nitrogens with zero attached hydrogens (tertiary/aromatic N) is 2. The van der Waals surface area contributed by atoms with E-state index in [0.29, 0.717) is 13.0 Å². The number of benzene rings is 2. The van der Waals surface area contributed by atoms with Gasteiger partial charge >= 0.3 is 0 Å². The van der Waals surface area contributed by atoms with Gasteiger partial charge in [-0.1, -0.05) is 53.2 Å². The molecule has 0 aliphatic carbocycles. The molecule has 2 atom stereocenters. The molecular formula is C23H22BrN3O2. The van der Waals surface area contributed by atoms with Gasteiger partial charge in [0, 0.05) is 34.0 Å². The highest BCUT2D eigenvalue weighted by Crippen LogP contribution is 2.42. The van der Waals surface area contributed by atoms with E-state index >= 15 is 0 Å². The fourth-order valence-electron chi connectivity index (χ4n) is 4.81. The smallest absolute Gasteiger partial charge is 0.246 e. The number of amides is 2. The number of para-hydroxylation sites is 1. The van der Waals surface area contributed by atoms with Crippen molar-refractivity contribution in [2.45, 2.75) is 31.8 Å². The minimum Gasteiger partial charge on any atom is -0.356 e. The monoisotopic (exact) mass is 451 g/mol. The minimum absolute atomic E-state index is 0.0114. The highest BCUT2D eigenvalue weighted by Gasteiger charge is 2.47. The summed E-state index contributed by atoms with van der Waals surface area (Å²) in [5, 5.41) is 1.13. The number of halogens is 1. The molecule has 0 bridgehead atoms. The fraction of sp³-hybridized carbons (Fsp3) is 0.304. The lowest BCUT2D eigenvalue weighted by Crippen LogP contribution is -2.63. The molecule has 29 heavy (non-hydrogen) atoms. The second-order valence-electron chi connectivity index (χ2n) is 7.80. The van der Waals surface area contributed by atoms with Gasteiger partial charge in [-0.3, -0.25) is 9.59 Å². The number of H-pyrrole nitrogens is 1. The van der Waals surface area contributed by atoms with Gasteiger partial charge in [-0.2, -0.15) is 0 Å². The van der Waals surface area contributed by atoms with Crippen molar-refractivity contribution < 1.29 is 9.59 Å². The molecule has 1 N–H and O–H groups in total. The van der Waals surface area contributed by atoms with E-state index in [0.717, 1.165) is 38.6 Å². The van der Waals surface area contributed by atoms with Crippen LogP contribution in [-0.2, 0) is 16.0 Å². The summed E-state index contributed by atoms with van der Waals surface area (Å²) >= 11 is 3.56. The van der Waals surface area contributed by atoms with Crippen molar-refractivity contribution in [1.29, 1.82) is 0 Å². The Morgan fingerprint density at radius 3 is 2.76 bits per heavy atom. The Hall–Kier alpha value is -2.60. The van der Waals surface area contributed by atoms with Crippen molar-refractivity contribution in [3.63, 3.8) is 0 Å². The average molecular weight is 452 g/mol. The van der Waals surface area contributed by atoms with E-state index in [2.05, 4.69) is 33.0 Å². The Kier molecular flexibility index (Phi) is 4.46. The zero-order valence-electron chi connectivity index (χ0n) is 16.2. The normalized spacial score (nSPS) is 21.4. The van der Waals surface area contributed by atoms with E-state index in [1.807, 2.05) is 48.2 Å². The third-order valence-corrected chi connectivity index (χ3v) is 6.49. The van der Waals surface area contributed by atoms with Crippen LogP contribution in [0.5, 0.6) is 0 Å². The van der Waals surface area contributed by atoms with E-state index in [-0.39, 0.29) is 24.4 Å². The van der Waals surface area contributed by atoms with Crippen LogP contribution in [-0.4, -0.2) is 45.7 Å². The maximum Gasteiger partial charge on any atom is 0.246 e. The largest absolute Gasteiger partial charge is 0.356 e. The van der Waals surface area contributed by atoms with E-state index in [4.69, 9.17) is 0 Å². The van der Waals surface area contributed by atoms with E-state index in [1.165, 1.54) is 0 Å². The second kappa shape index (κ2) is 7.02. The molecule has 2 aliphatic rings. The van der Waals surface area contributed by atoms with Gasteiger partial charge in [-0.25, -0.2) is 0 Å². The zero-order chi connectivity index (χ0) is 20.1. The highest BCUT2D eigenvalue weighted by atomic mass is 79.9. The molecule has 2 aromatic carbocycles. The predicted molar refractivity (Wildman–Crippen MR) is 115 cm³/mol. The van der Waals surface area contributed by atoms with Crippen LogP contribution in [0.15, 0.2) is 53.0 Å². The molecule has 1 aromatic heterocycles. The Labute approximate surface area is 177 Å². The van der Waals surface area contributed by atoms with Crippen LogP contribution in [0.3, 0.4) is 0 Å². The standard InChI is InChI=1S/C23H22BrN3O2/c1-2-10-26-13-20(28)27-19(23(26)29)12-17-16-8-3-4-9-18(16)25-21(17)22(27)14-6-5-7-15(24)11-14/h3-9,11,19,22,25H,2,10,12-13H2,1H3/t19-,22+/m0/s1. The fourth-order valence-corrected chi connectivity index (χ4v) is 5.22. The van der Waals surface area contributed by atoms with E-state index in [1.54, 1.807) is 4.90 Å². The lowest BCUT2D eigenvalue weighted by molar-refractivity contribution is -0.158. The minimum atomic E-state index is -0.460. The lowest BCUT2D eigenvalue weighted by atomic mass is 9.86. The number of fused-ring (bicyclic) bond motifs is 4. The molecule has 148 valence electrons. The summed E-state index contributed by atoms with van der Waals surface area (Å²) in [6.45, 7) is 2.81. The first-order valence-corrected chi connectivity index (χ1v) is 10.8. The van der Waals surface area contributed by atoms with Gasteiger partial charge < -0.3 is 14.8 Å². The third kappa shape index (κ3) is 2.89. The topological polar surface area (TPSA) is 56.4 Å². The van der Waals surface area contributed by atoms with Gasteiger partial charge in [0.25, 0.3) is 0 Å². The molecule has 0 radical (unpaired) electrons. The summed E-state index contributed by atoms with van der Waals surface area (Å²) in [6.07, 6.45) is 1.40. The van der Waals surface area contributed by atoms with Gasteiger partial charge in [-0.05, 0) is 35.7 Å². The van der Waals surface area contributed by atoms with Crippen LogP contribution in [0, 0.1) is 0 Å². The number of carbonyl (C=O) groups is 2. The molecule has 3 heterocycles. The van der Waals surface area contributed by atoms with Crippen molar-refractivity contribution in [2.24, 2.45) is 0 Å². The Morgan fingerprint density at radius 1 is 1.14 bits per heavy atom. The number of piperazine rings is 1. The molecular weight excluding hydrogens is 430 g/mol. The summed E-state index contributed by atoms with van der Waals surface area (Å²) in [7, 11) is 0. The number of hydrogen-bond donors (Lipinski definition) is 1. The van der Waals surface area contributed by atoms with E-state index in [9.17, 15) is 9.59 Å². The highest BCUT2D eigenvalue weighted by molar-refractivity contribution is 9.10. The number of carbonyl (C=O) groups excluding carboxylic acids is 2. The quantitative estimate of drug-likeness (QED) is 0.653. The van der Waals surface area contributed by atoms with Crippen molar-refractivity contribution in [3.05, 3.63) is 69.8 Å². The van der Waals surface area contributed by atoms with Gasteiger partial charge in [-0.15, -0.1) is 0 Å². The molecule has 2 aliphatic heterocycles. The summed E-state index contributed by atoms with van der Waals surface area (Å²) in [5.41, 5.74) is 4.21. The third-order valence-electron chi connectivity index (χ3n) is 6.00. The van der Waals surface area contributed by atoms with Crippen LogP contribution in [0.4, 0.5) is 0 Å². The first kappa shape index (κ1) is 18.4. The van der Waals surface area contributed by atoms with Crippen LogP contribution in [0.2, 0.25) is 0 Å². The average Bonchev–Trinajstić information content (AvgIpc) is 3.09. The summed E-state index contributed by atoms with van der Waals surface area (Å²) in [6, 6.07) is 15.4. The summed E-state index contributed by atoms with van der Waals surface area (Å²) in [4.78, 5) is 33.7. The zero-order valence-corrected chi connectivity index (χ0v) is 17.8. The lowest BCUT2D eigenvalue weighted by Gasteiger charge is -2.47. The van der Waals surface area contributed by atoms with Crippen molar-refractivity contribution in [1.82, 2.24) is 14.8 Å². The van der Waals surface area contributed by atoms with E-state index < -0.39 is 6.04 Å². The van der Waals surface area contributed by atoms with Crippen LogP contribution >= 0.6 is 15.9 Å². The second-order valence-corrected chi connectivity index (χ2v) is 8.72. The molecule has 1 saturated heterocycles. The molecule has 0 saturated carbocycles. The predicted octanol–water partition coefficient (Wildman–Crippen LogP) is 4.03. The molecule has 5 rings (SSSR count). The number of rotatable bonds is 3. The molecule has 0 spiro atoms. The Bertz CT molecular complexity index is 1120. The van der Waals surface area contributed by atoms with Crippen molar-refractivity contribution in [3.8, 4) is 0 Å². The van der Waals surface area contributed by atoms with Crippen LogP contribution < -0.4 is 0 Å². The maximum absolute atomic E-state index is 13.3. The molecule has 0 unspecified atom stereocenters. The number of nitrogens with one attached hydrogen (secondary N) is 1. The maximum atomic E-state index is 13.3. The molecule has 5 nitrogen and oxygen atoms in total. The molecule has 3 aromatic rings. The van der Waals surface area contributed by atoms with Crippen molar-refractivity contribution >= 4 is 38.6 Å². The number of aromatic nitrogens is 1. The van der Waals surface area contributed by atoms with Crippen molar-refractivity contribution in [2.75, 3.05) is 13.1 Å².